The Hall–Kier alpha value is -1.55. The molecule has 0 N–H and O–H groups in total. The number of nitrogens with zero attached hydrogens (tertiary/aromatic N) is 2. The van der Waals surface area contributed by atoms with E-state index in [-0.39, 0.29) is 5.91 Å². The third-order valence-corrected chi connectivity index (χ3v) is 4.54. The predicted octanol–water partition coefficient (Wildman–Crippen LogP) is 2.92. The van der Waals surface area contributed by atoms with Gasteiger partial charge < -0.3 is 9.64 Å². The number of hydrogen-bond donors (Lipinski definition) is 0. The lowest BCUT2D eigenvalue weighted by molar-refractivity contribution is -0.132. The van der Waals surface area contributed by atoms with Gasteiger partial charge >= 0.3 is 0 Å². The first-order valence-electron chi connectivity index (χ1n) is 8.25. The average molecular weight is 304 g/mol. The molecule has 1 unspecified atom stereocenters. The molecule has 1 amide bonds. The van der Waals surface area contributed by atoms with E-state index in [4.69, 9.17) is 4.74 Å². The number of likely N-dealkylation sites (tertiary alicyclic amines) is 1. The van der Waals surface area contributed by atoms with Gasteiger partial charge in [0.15, 0.2) is 0 Å². The molecule has 0 aromatic heterocycles. The zero-order valence-electron chi connectivity index (χ0n) is 14.0. The zero-order chi connectivity index (χ0) is 15.9. The average Bonchev–Trinajstić information content (AvgIpc) is 2.55. The molecule has 1 aromatic carbocycles. The molecule has 0 spiro atoms. The van der Waals surface area contributed by atoms with Gasteiger partial charge in [-0.05, 0) is 43.5 Å². The van der Waals surface area contributed by atoms with E-state index >= 15 is 0 Å². The Balaban J connectivity index is 1.90. The zero-order valence-corrected chi connectivity index (χ0v) is 14.0. The summed E-state index contributed by atoms with van der Waals surface area (Å²) in [6.07, 6.45) is 4.86. The number of benzene rings is 1. The van der Waals surface area contributed by atoms with Crippen molar-refractivity contribution in [2.45, 2.75) is 45.2 Å². The minimum atomic E-state index is 0.197. The van der Waals surface area contributed by atoms with Gasteiger partial charge in [-0.15, -0.1) is 0 Å². The summed E-state index contributed by atoms with van der Waals surface area (Å²) in [5.74, 6) is 1.03. The highest BCUT2D eigenvalue weighted by Crippen LogP contribution is 2.19. The largest absolute Gasteiger partial charge is 0.497 e. The number of carbonyl (C=O) groups excluding carboxylic acids is 1. The van der Waals surface area contributed by atoms with E-state index in [1.54, 1.807) is 7.11 Å². The van der Waals surface area contributed by atoms with Crippen molar-refractivity contribution < 1.29 is 9.53 Å². The Morgan fingerprint density at radius 3 is 2.95 bits per heavy atom. The number of hydrogen-bond acceptors (Lipinski definition) is 3. The minimum Gasteiger partial charge on any atom is -0.497 e. The number of ether oxygens (including phenoxy) is 1. The molecule has 122 valence electrons. The highest BCUT2D eigenvalue weighted by Gasteiger charge is 2.23. The van der Waals surface area contributed by atoms with Crippen LogP contribution in [0.25, 0.3) is 0 Å². The van der Waals surface area contributed by atoms with Gasteiger partial charge in [-0.3, -0.25) is 9.69 Å². The van der Waals surface area contributed by atoms with Crippen molar-refractivity contribution in [3.63, 3.8) is 0 Å². The quantitative estimate of drug-likeness (QED) is 0.810. The first kappa shape index (κ1) is 16.8. The lowest BCUT2D eigenvalue weighted by Crippen LogP contribution is -2.45. The Labute approximate surface area is 134 Å². The second kappa shape index (κ2) is 8.18. The van der Waals surface area contributed by atoms with Crippen LogP contribution in [0.2, 0.25) is 0 Å². The maximum atomic E-state index is 12.5. The molecular formula is C18H28N2O2. The van der Waals surface area contributed by atoms with Gasteiger partial charge in [-0.2, -0.15) is 0 Å². The van der Waals surface area contributed by atoms with Crippen LogP contribution in [0.3, 0.4) is 0 Å². The lowest BCUT2D eigenvalue weighted by Gasteiger charge is -2.35. The molecule has 0 aliphatic carbocycles. The molecule has 22 heavy (non-hydrogen) atoms. The second-order valence-corrected chi connectivity index (χ2v) is 6.13. The SMILES string of the molecule is CCC1CCCCN1CC(=O)N(C)Cc1cccc(OC)c1. The van der Waals surface area contributed by atoms with Crippen molar-refractivity contribution in [3.8, 4) is 5.75 Å². The summed E-state index contributed by atoms with van der Waals surface area (Å²) >= 11 is 0. The molecule has 4 nitrogen and oxygen atoms in total. The van der Waals surface area contributed by atoms with E-state index in [0.29, 0.717) is 19.1 Å². The normalized spacial score (nSPS) is 19.0. The van der Waals surface area contributed by atoms with Gasteiger partial charge in [0.1, 0.15) is 5.75 Å². The molecule has 4 heteroatoms. The highest BCUT2D eigenvalue weighted by molar-refractivity contribution is 5.78. The van der Waals surface area contributed by atoms with Crippen LogP contribution >= 0.6 is 0 Å². The molecule has 1 saturated heterocycles. The topological polar surface area (TPSA) is 32.8 Å². The molecule has 1 fully saturated rings. The van der Waals surface area contributed by atoms with Crippen molar-refractivity contribution in [1.29, 1.82) is 0 Å². The molecule has 1 aliphatic rings. The summed E-state index contributed by atoms with van der Waals surface area (Å²) in [5.41, 5.74) is 1.10. The number of piperidine rings is 1. The molecule has 1 heterocycles. The van der Waals surface area contributed by atoms with E-state index in [1.807, 2.05) is 36.2 Å². The van der Waals surface area contributed by atoms with Gasteiger partial charge in [-0.25, -0.2) is 0 Å². The fraction of sp³-hybridized carbons (Fsp3) is 0.611. The van der Waals surface area contributed by atoms with Crippen molar-refractivity contribution in [1.82, 2.24) is 9.80 Å². The van der Waals surface area contributed by atoms with Crippen LogP contribution in [0.15, 0.2) is 24.3 Å². The van der Waals surface area contributed by atoms with E-state index < -0.39 is 0 Å². The Bertz CT molecular complexity index is 490. The standard InChI is InChI=1S/C18H28N2O2/c1-4-16-9-5-6-11-20(16)14-18(21)19(2)13-15-8-7-10-17(12-15)22-3/h7-8,10,12,16H,4-6,9,11,13-14H2,1-3H3. The van der Waals surface area contributed by atoms with E-state index in [0.717, 1.165) is 24.3 Å². The highest BCUT2D eigenvalue weighted by atomic mass is 16.5. The fourth-order valence-electron chi connectivity index (χ4n) is 3.16. The second-order valence-electron chi connectivity index (χ2n) is 6.13. The van der Waals surface area contributed by atoms with Gasteiger partial charge in [0, 0.05) is 19.6 Å². The summed E-state index contributed by atoms with van der Waals surface area (Å²) in [4.78, 5) is 16.7. The number of carbonyl (C=O) groups is 1. The molecule has 1 aromatic rings. The van der Waals surface area contributed by atoms with Crippen LogP contribution in [0.5, 0.6) is 5.75 Å². The summed E-state index contributed by atoms with van der Waals surface area (Å²) in [6.45, 7) is 4.43. The van der Waals surface area contributed by atoms with Gasteiger partial charge in [0.2, 0.25) is 5.91 Å². The van der Waals surface area contributed by atoms with Gasteiger partial charge in [-0.1, -0.05) is 25.5 Å². The van der Waals surface area contributed by atoms with E-state index in [9.17, 15) is 4.79 Å². The lowest BCUT2D eigenvalue weighted by atomic mass is 10.00. The third kappa shape index (κ3) is 4.47. The summed E-state index contributed by atoms with van der Waals surface area (Å²) < 4.78 is 5.24. The monoisotopic (exact) mass is 304 g/mol. The number of likely N-dealkylation sites (N-methyl/N-ethyl adjacent to an activating group) is 1. The van der Waals surface area contributed by atoms with Crippen LogP contribution in [-0.4, -0.2) is 49.0 Å². The van der Waals surface area contributed by atoms with Crippen LogP contribution in [0.1, 0.15) is 38.2 Å². The molecular weight excluding hydrogens is 276 g/mol. The fourth-order valence-corrected chi connectivity index (χ4v) is 3.16. The Morgan fingerprint density at radius 2 is 2.23 bits per heavy atom. The summed E-state index contributed by atoms with van der Waals surface area (Å²) in [5, 5.41) is 0. The molecule has 0 saturated carbocycles. The molecule has 1 atom stereocenters. The Kier molecular flexibility index (Phi) is 6.25. The maximum Gasteiger partial charge on any atom is 0.236 e. The van der Waals surface area contributed by atoms with Crippen molar-refractivity contribution in [2.24, 2.45) is 0 Å². The van der Waals surface area contributed by atoms with Crippen LogP contribution in [-0.2, 0) is 11.3 Å². The minimum absolute atomic E-state index is 0.197. The van der Waals surface area contributed by atoms with Crippen molar-refractivity contribution >= 4 is 5.91 Å². The summed E-state index contributed by atoms with van der Waals surface area (Å²) in [6, 6.07) is 8.47. The summed E-state index contributed by atoms with van der Waals surface area (Å²) in [7, 11) is 3.54. The Morgan fingerprint density at radius 1 is 1.41 bits per heavy atom. The van der Waals surface area contributed by atoms with Crippen LogP contribution in [0, 0.1) is 0 Å². The first-order valence-corrected chi connectivity index (χ1v) is 8.25. The van der Waals surface area contributed by atoms with E-state index in [2.05, 4.69) is 11.8 Å². The number of amides is 1. The third-order valence-electron chi connectivity index (χ3n) is 4.54. The van der Waals surface area contributed by atoms with Crippen molar-refractivity contribution in [2.75, 3.05) is 27.2 Å². The van der Waals surface area contributed by atoms with Gasteiger partial charge in [0.25, 0.3) is 0 Å². The molecule has 0 bridgehead atoms. The van der Waals surface area contributed by atoms with Crippen molar-refractivity contribution in [3.05, 3.63) is 29.8 Å². The maximum absolute atomic E-state index is 12.5. The molecule has 1 aliphatic heterocycles. The predicted molar refractivity (Wildman–Crippen MR) is 89.0 cm³/mol. The number of rotatable bonds is 6. The van der Waals surface area contributed by atoms with Crippen LogP contribution in [0.4, 0.5) is 0 Å². The first-order chi connectivity index (χ1) is 10.6. The number of methoxy groups -OCH3 is 1. The smallest absolute Gasteiger partial charge is 0.236 e. The van der Waals surface area contributed by atoms with Gasteiger partial charge in [0.05, 0.1) is 13.7 Å². The van der Waals surface area contributed by atoms with E-state index in [1.165, 1.54) is 19.3 Å². The molecule has 0 radical (unpaired) electrons. The molecule has 2 rings (SSSR count). The van der Waals surface area contributed by atoms with Crippen LogP contribution < -0.4 is 4.74 Å².